The maximum absolute atomic E-state index is 10.2. The fourth-order valence-corrected chi connectivity index (χ4v) is 3.25. The molecule has 114 valence electrons. The number of fused-ring (bicyclic) bond motifs is 1. The van der Waals surface area contributed by atoms with E-state index in [0.29, 0.717) is 5.02 Å². The summed E-state index contributed by atoms with van der Waals surface area (Å²) in [5.41, 5.74) is 3.57. The third kappa shape index (κ3) is 2.21. The summed E-state index contributed by atoms with van der Waals surface area (Å²) in [5, 5.41) is 19.6. The highest BCUT2D eigenvalue weighted by Crippen LogP contribution is 2.38. The van der Waals surface area contributed by atoms with Crippen LogP contribution < -0.4 is 0 Å². The maximum atomic E-state index is 10.2. The second-order valence-corrected chi connectivity index (χ2v) is 6.11. The molecule has 0 fully saturated rings. The van der Waals surface area contributed by atoms with Gasteiger partial charge in [0, 0.05) is 10.4 Å². The Balaban J connectivity index is 2.26. The Morgan fingerprint density at radius 3 is 2.55 bits per heavy atom. The number of nitrogens with zero attached hydrogens (tertiary/aromatic N) is 1. The first-order valence-corrected chi connectivity index (χ1v) is 7.81. The number of rotatable bonds is 4. The van der Waals surface area contributed by atoms with E-state index in [1.165, 1.54) is 0 Å². The summed E-state index contributed by atoms with van der Waals surface area (Å²) in [6.07, 6.45) is 0.760. The Hall–Kier alpha value is -1.84. The van der Waals surface area contributed by atoms with Crippen LogP contribution in [0.25, 0.3) is 10.9 Å². The molecule has 4 heteroatoms. The molecule has 0 aliphatic heterocycles. The van der Waals surface area contributed by atoms with Gasteiger partial charge < -0.3 is 5.11 Å². The van der Waals surface area contributed by atoms with Crippen molar-refractivity contribution in [1.29, 1.82) is 0 Å². The predicted molar refractivity (Wildman–Crippen MR) is 90.4 cm³/mol. The molecule has 3 aromatic rings. The number of aliphatic hydroxyl groups is 1. The van der Waals surface area contributed by atoms with E-state index in [1.807, 2.05) is 43.3 Å². The van der Waals surface area contributed by atoms with Gasteiger partial charge in [0.1, 0.15) is 0 Å². The second-order valence-electron chi connectivity index (χ2n) is 5.67. The first kappa shape index (κ1) is 15.1. The Morgan fingerprint density at radius 1 is 1.18 bits per heavy atom. The highest BCUT2D eigenvalue weighted by molar-refractivity contribution is 6.30. The highest BCUT2D eigenvalue weighted by atomic mass is 35.5. The van der Waals surface area contributed by atoms with Crippen LogP contribution in [0.15, 0.2) is 42.5 Å². The lowest BCUT2D eigenvalue weighted by Crippen LogP contribution is -2.32. The Bertz CT molecular complexity index is 788. The highest BCUT2D eigenvalue weighted by Gasteiger charge is 2.35. The number of hydrogen-bond donors (Lipinski definition) is 2. The van der Waals surface area contributed by atoms with Crippen molar-refractivity contribution in [2.24, 2.45) is 0 Å². The Kier molecular flexibility index (Phi) is 3.94. The molecule has 0 spiro atoms. The number of para-hydroxylation sites is 1. The number of aliphatic hydroxyl groups excluding tert-OH is 1. The van der Waals surface area contributed by atoms with Gasteiger partial charge in [-0.25, -0.2) is 0 Å². The first-order valence-electron chi connectivity index (χ1n) is 7.43. The fraction of sp³-hybridized carbons (Fsp3) is 0.278. The van der Waals surface area contributed by atoms with Crippen molar-refractivity contribution in [2.75, 3.05) is 6.61 Å². The largest absolute Gasteiger partial charge is 0.395 e. The summed E-state index contributed by atoms with van der Waals surface area (Å²) >= 11 is 6.01. The Morgan fingerprint density at radius 2 is 1.91 bits per heavy atom. The van der Waals surface area contributed by atoms with E-state index < -0.39 is 5.41 Å². The molecule has 1 atom stereocenters. The minimum absolute atomic E-state index is 0.0103. The number of H-pyrrole nitrogens is 1. The summed E-state index contributed by atoms with van der Waals surface area (Å²) in [6.45, 7) is 4.13. The number of halogens is 1. The van der Waals surface area contributed by atoms with E-state index in [0.717, 1.165) is 34.1 Å². The number of nitrogens with one attached hydrogen (secondary N) is 1. The van der Waals surface area contributed by atoms with Gasteiger partial charge in [-0.3, -0.25) is 5.10 Å². The van der Waals surface area contributed by atoms with Crippen LogP contribution in [0.3, 0.4) is 0 Å². The molecule has 3 nitrogen and oxygen atoms in total. The minimum atomic E-state index is -0.507. The standard InChI is InChI=1S/C18H19ClN2O/c1-3-18(11-22,13-7-9-14(19)10-8-13)17-15-6-4-5-12(2)16(15)20-21-17/h4-10,22H,3,11H2,1-2H3,(H,20,21). The van der Waals surface area contributed by atoms with Crippen LogP contribution in [0.2, 0.25) is 5.02 Å². The lowest BCUT2D eigenvalue weighted by molar-refractivity contribution is 0.213. The fourth-order valence-electron chi connectivity index (χ4n) is 3.12. The van der Waals surface area contributed by atoms with Crippen molar-refractivity contribution in [2.45, 2.75) is 25.7 Å². The zero-order chi connectivity index (χ0) is 15.7. The van der Waals surface area contributed by atoms with Gasteiger partial charge in [0.05, 0.1) is 23.2 Å². The second kappa shape index (κ2) is 5.75. The Labute approximate surface area is 134 Å². The van der Waals surface area contributed by atoms with Crippen molar-refractivity contribution in [3.05, 3.63) is 64.3 Å². The predicted octanol–water partition coefficient (Wildman–Crippen LogP) is 4.21. The normalized spacial score (nSPS) is 14.2. The first-order chi connectivity index (χ1) is 10.6. The van der Waals surface area contributed by atoms with Crippen molar-refractivity contribution in [3.8, 4) is 0 Å². The lowest BCUT2D eigenvalue weighted by atomic mass is 9.75. The zero-order valence-corrected chi connectivity index (χ0v) is 13.5. The summed E-state index contributed by atoms with van der Waals surface area (Å²) < 4.78 is 0. The van der Waals surface area contributed by atoms with E-state index >= 15 is 0 Å². The van der Waals surface area contributed by atoms with Gasteiger partial charge in [0.2, 0.25) is 0 Å². The van der Waals surface area contributed by atoms with Gasteiger partial charge in [-0.05, 0) is 36.6 Å². The zero-order valence-electron chi connectivity index (χ0n) is 12.7. The molecule has 2 aromatic carbocycles. The molecule has 3 rings (SSSR count). The van der Waals surface area contributed by atoms with Gasteiger partial charge in [-0.2, -0.15) is 5.10 Å². The minimum Gasteiger partial charge on any atom is -0.395 e. The van der Waals surface area contributed by atoms with E-state index in [-0.39, 0.29) is 6.61 Å². The quantitative estimate of drug-likeness (QED) is 0.757. The van der Waals surface area contributed by atoms with E-state index in [9.17, 15) is 5.11 Å². The molecule has 0 bridgehead atoms. The molecule has 0 radical (unpaired) electrons. The number of aromatic amines is 1. The summed E-state index contributed by atoms with van der Waals surface area (Å²) in [5.74, 6) is 0. The third-order valence-corrected chi connectivity index (χ3v) is 4.79. The van der Waals surface area contributed by atoms with Crippen molar-refractivity contribution in [1.82, 2.24) is 10.2 Å². The smallest absolute Gasteiger partial charge is 0.0953 e. The van der Waals surface area contributed by atoms with E-state index in [2.05, 4.69) is 23.2 Å². The van der Waals surface area contributed by atoms with Gasteiger partial charge in [-0.1, -0.05) is 48.9 Å². The molecule has 1 heterocycles. The van der Waals surface area contributed by atoms with Crippen LogP contribution in [0.5, 0.6) is 0 Å². The van der Waals surface area contributed by atoms with Gasteiger partial charge >= 0.3 is 0 Å². The summed E-state index contributed by atoms with van der Waals surface area (Å²) in [4.78, 5) is 0. The van der Waals surface area contributed by atoms with E-state index in [4.69, 9.17) is 11.6 Å². The van der Waals surface area contributed by atoms with Crippen molar-refractivity contribution in [3.63, 3.8) is 0 Å². The summed E-state index contributed by atoms with van der Waals surface area (Å²) in [7, 11) is 0. The number of aromatic nitrogens is 2. The molecular weight excluding hydrogens is 296 g/mol. The molecule has 0 saturated carbocycles. The van der Waals surface area contributed by atoms with Crippen LogP contribution in [0, 0.1) is 6.92 Å². The average Bonchev–Trinajstić information content (AvgIpc) is 2.97. The molecule has 0 aliphatic rings. The monoisotopic (exact) mass is 314 g/mol. The number of aryl methyl sites for hydroxylation is 1. The SMILES string of the molecule is CCC(CO)(c1ccc(Cl)cc1)c1[nH]nc2c(C)cccc12. The topological polar surface area (TPSA) is 48.9 Å². The van der Waals surface area contributed by atoms with Crippen LogP contribution in [0.1, 0.15) is 30.2 Å². The number of hydrogen-bond acceptors (Lipinski definition) is 2. The van der Waals surface area contributed by atoms with Crippen LogP contribution in [-0.2, 0) is 5.41 Å². The molecule has 2 N–H and O–H groups in total. The average molecular weight is 315 g/mol. The third-order valence-electron chi connectivity index (χ3n) is 4.54. The van der Waals surface area contributed by atoms with Crippen LogP contribution in [0.4, 0.5) is 0 Å². The van der Waals surface area contributed by atoms with E-state index in [1.54, 1.807) is 0 Å². The van der Waals surface area contributed by atoms with Gasteiger partial charge in [0.15, 0.2) is 0 Å². The lowest BCUT2D eigenvalue weighted by Gasteiger charge is -2.30. The maximum Gasteiger partial charge on any atom is 0.0953 e. The molecule has 0 aliphatic carbocycles. The van der Waals surface area contributed by atoms with Gasteiger partial charge in [0.25, 0.3) is 0 Å². The molecule has 0 saturated heterocycles. The molecular formula is C18H19ClN2O. The van der Waals surface area contributed by atoms with Crippen molar-refractivity contribution >= 4 is 22.5 Å². The summed E-state index contributed by atoms with van der Waals surface area (Å²) in [6, 6.07) is 13.8. The molecule has 1 unspecified atom stereocenters. The molecule has 22 heavy (non-hydrogen) atoms. The van der Waals surface area contributed by atoms with Crippen LogP contribution in [-0.4, -0.2) is 21.9 Å². The van der Waals surface area contributed by atoms with Crippen LogP contribution >= 0.6 is 11.6 Å². The molecule has 0 amide bonds. The number of benzene rings is 2. The molecule has 1 aromatic heterocycles. The van der Waals surface area contributed by atoms with Crippen molar-refractivity contribution < 1.29 is 5.11 Å². The van der Waals surface area contributed by atoms with Gasteiger partial charge in [-0.15, -0.1) is 0 Å².